The summed E-state index contributed by atoms with van der Waals surface area (Å²) in [5, 5.41) is 5.06. The van der Waals surface area contributed by atoms with Crippen LogP contribution in [0.2, 0.25) is 0 Å². The molecule has 2 heterocycles. The molecule has 2 aromatic rings. The number of aromatic nitrogens is 5. The van der Waals surface area contributed by atoms with Crippen molar-refractivity contribution in [1.29, 1.82) is 0 Å². The van der Waals surface area contributed by atoms with Crippen molar-refractivity contribution in [1.82, 2.24) is 24.7 Å². The molecule has 0 aromatic carbocycles. The van der Waals surface area contributed by atoms with Crippen LogP contribution in [-0.4, -0.2) is 30.0 Å². The molecular weight excluding hydrogens is 224 g/mol. The van der Waals surface area contributed by atoms with Crippen molar-refractivity contribution >= 4 is 17.7 Å². The molecular formula is C9H12N6S. The maximum absolute atomic E-state index is 5.62. The Labute approximate surface area is 97.3 Å². The van der Waals surface area contributed by atoms with Gasteiger partial charge in [-0.2, -0.15) is 20.1 Å². The molecule has 2 N–H and O–H groups in total. The summed E-state index contributed by atoms with van der Waals surface area (Å²) in [6.45, 7) is 4.14. The summed E-state index contributed by atoms with van der Waals surface area (Å²) in [6.07, 6.45) is 3.42. The van der Waals surface area contributed by atoms with Crippen LogP contribution < -0.4 is 5.73 Å². The van der Waals surface area contributed by atoms with Gasteiger partial charge < -0.3 is 5.73 Å². The maximum Gasteiger partial charge on any atom is 0.256 e. The van der Waals surface area contributed by atoms with E-state index >= 15 is 0 Å². The molecule has 0 aliphatic rings. The predicted octanol–water partition coefficient (Wildman–Crippen LogP) is 1.14. The molecule has 0 bridgehead atoms. The second-order valence-corrected chi connectivity index (χ2v) is 4.94. The van der Waals surface area contributed by atoms with Crippen molar-refractivity contribution in [2.45, 2.75) is 24.3 Å². The quantitative estimate of drug-likeness (QED) is 0.805. The van der Waals surface area contributed by atoms with Crippen LogP contribution in [0.4, 0.5) is 5.95 Å². The highest BCUT2D eigenvalue weighted by molar-refractivity contribution is 7.99. The Balaban J connectivity index is 2.36. The lowest BCUT2D eigenvalue weighted by molar-refractivity contribution is 0.763. The third-order valence-corrected chi connectivity index (χ3v) is 2.54. The number of nitrogen functional groups attached to an aromatic ring is 1. The van der Waals surface area contributed by atoms with Gasteiger partial charge in [-0.15, -0.1) is 0 Å². The van der Waals surface area contributed by atoms with Crippen LogP contribution in [0.15, 0.2) is 23.6 Å². The number of nitrogens with zero attached hydrogens (tertiary/aromatic N) is 5. The van der Waals surface area contributed by atoms with Crippen molar-refractivity contribution < 1.29 is 0 Å². The van der Waals surface area contributed by atoms with E-state index in [2.05, 4.69) is 33.9 Å². The molecule has 0 saturated carbocycles. The van der Waals surface area contributed by atoms with Gasteiger partial charge >= 0.3 is 0 Å². The Hall–Kier alpha value is -1.63. The molecule has 0 aliphatic carbocycles. The Morgan fingerprint density at radius 3 is 2.75 bits per heavy atom. The van der Waals surface area contributed by atoms with Gasteiger partial charge in [-0.3, -0.25) is 0 Å². The van der Waals surface area contributed by atoms with Gasteiger partial charge in [0.15, 0.2) is 5.16 Å². The molecule has 0 atom stereocenters. The second-order valence-electron chi connectivity index (χ2n) is 3.39. The van der Waals surface area contributed by atoms with E-state index in [4.69, 9.17) is 5.73 Å². The van der Waals surface area contributed by atoms with E-state index in [1.165, 1.54) is 0 Å². The van der Waals surface area contributed by atoms with E-state index in [1.54, 1.807) is 34.9 Å². The van der Waals surface area contributed by atoms with Gasteiger partial charge in [0.25, 0.3) is 5.95 Å². The molecule has 0 saturated heterocycles. The SMILES string of the molecule is CC(C)Sc1nc(N)nc(-n2cccn2)n1. The summed E-state index contributed by atoms with van der Waals surface area (Å²) < 4.78 is 1.56. The normalized spacial score (nSPS) is 10.9. The number of hydrogen-bond acceptors (Lipinski definition) is 6. The lowest BCUT2D eigenvalue weighted by Crippen LogP contribution is -2.08. The summed E-state index contributed by atoms with van der Waals surface area (Å²) in [4.78, 5) is 12.4. The van der Waals surface area contributed by atoms with Crippen LogP contribution in [0.3, 0.4) is 0 Å². The highest BCUT2D eigenvalue weighted by Crippen LogP contribution is 2.19. The number of thioether (sulfide) groups is 1. The van der Waals surface area contributed by atoms with Gasteiger partial charge in [0.05, 0.1) is 0 Å². The molecule has 0 unspecified atom stereocenters. The fraction of sp³-hybridized carbons (Fsp3) is 0.333. The highest BCUT2D eigenvalue weighted by atomic mass is 32.2. The average molecular weight is 236 g/mol. The van der Waals surface area contributed by atoms with Crippen molar-refractivity contribution in [2.24, 2.45) is 0 Å². The van der Waals surface area contributed by atoms with Gasteiger partial charge in [-0.1, -0.05) is 25.6 Å². The Kier molecular flexibility index (Phi) is 3.04. The summed E-state index contributed by atoms with van der Waals surface area (Å²) >= 11 is 1.54. The van der Waals surface area contributed by atoms with Gasteiger partial charge in [0.1, 0.15) is 0 Å². The summed E-state index contributed by atoms with van der Waals surface area (Å²) in [5.74, 6) is 0.657. The van der Waals surface area contributed by atoms with Gasteiger partial charge in [-0.05, 0) is 6.07 Å². The molecule has 7 heteroatoms. The van der Waals surface area contributed by atoms with Gasteiger partial charge in [0, 0.05) is 17.6 Å². The van der Waals surface area contributed by atoms with E-state index in [1.807, 2.05) is 0 Å². The summed E-state index contributed by atoms with van der Waals surface area (Å²) in [6, 6.07) is 1.80. The fourth-order valence-electron chi connectivity index (χ4n) is 1.11. The molecule has 0 aliphatic heterocycles. The summed E-state index contributed by atoms with van der Waals surface area (Å²) in [5.41, 5.74) is 5.62. The highest BCUT2D eigenvalue weighted by Gasteiger charge is 2.08. The van der Waals surface area contributed by atoms with Crippen molar-refractivity contribution in [2.75, 3.05) is 5.73 Å². The minimum atomic E-state index is 0.212. The first-order valence-electron chi connectivity index (χ1n) is 4.83. The predicted molar refractivity (Wildman–Crippen MR) is 62.4 cm³/mol. The van der Waals surface area contributed by atoms with E-state index in [0.29, 0.717) is 16.4 Å². The zero-order valence-electron chi connectivity index (χ0n) is 9.03. The smallest absolute Gasteiger partial charge is 0.256 e. The molecule has 16 heavy (non-hydrogen) atoms. The minimum absolute atomic E-state index is 0.212. The Bertz CT molecular complexity index is 467. The lowest BCUT2D eigenvalue weighted by atomic mass is 10.6. The number of nitrogens with two attached hydrogens (primary N) is 1. The molecule has 0 spiro atoms. The first-order chi connectivity index (χ1) is 7.65. The first kappa shape index (κ1) is 10.9. The molecule has 0 radical (unpaired) electrons. The maximum atomic E-state index is 5.62. The second kappa shape index (κ2) is 4.48. The van der Waals surface area contributed by atoms with Crippen molar-refractivity contribution in [3.05, 3.63) is 18.5 Å². The van der Waals surface area contributed by atoms with Crippen LogP contribution in [0, 0.1) is 0 Å². The monoisotopic (exact) mass is 236 g/mol. The van der Waals surface area contributed by atoms with E-state index in [-0.39, 0.29) is 5.95 Å². The number of anilines is 1. The molecule has 0 fully saturated rings. The fourth-order valence-corrected chi connectivity index (χ4v) is 1.82. The minimum Gasteiger partial charge on any atom is -0.368 e. The van der Waals surface area contributed by atoms with E-state index < -0.39 is 0 Å². The standard InChI is InChI=1S/C9H12N6S/c1-6(2)16-9-13-7(10)12-8(14-9)15-5-3-4-11-15/h3-6H,1-2H3,(H2,10,12,13,14). The van der Waals surface area contributed by atoms with Crippen LogP contribution in [0.25, 0.3) is 5.95 Å². The molecule has 2 aromatic heterocycles. The topological polar surface area (TPSA) is 82.5 Å². The largest absolute Gasteiger partial charge is 0.368 e. The van der Waals surface area contributed by atoms with Crippen LogP contribution in [0.5, 0.6) is 0 Å². The van der Waals surface area contributed by atoms with Gasteiger partial charge in [-0.25, -0.2) is 4.68 Å². The Morgan fingerprint density at radius 2 is 2.12 bits per heavy atom. The van der Waals surface area contributed by atoms with Crippen molar-refractivity contribution in [3.63, 3.8) is 0 Å². The van der Waals surface area contributed by atoms with E-state index in [9.17, 15) is 0 Å². The lowest BCUT2D eigenvalue weighted by Gasteiger charge is -2.05. The Morgan fingerprint density at radius 1 is 1.31 bits per heavy atom. The average Bonchev–Trinajstić information content (AvgIpc) is 2.67. The zero-order valence-corrected chi connectivity index (χ0v) is 9.85. The molecule has 84 valence electrons. The van der Waals surface area contributed by atoms with Crippen LogP contribution in [0.1, 0.15) is 13.8 Å². The first-order valence-corrected chi connectivity index (χ1v) is 5.71. The van der Waals surface area contributed by atoms with E-state index in [0.717, 1.165) is 0 Å². The van der Waals surface area contributed by atoms with Gasteiger partial charge in [0.2, 0.25) is 5.95 Å². The van der Waals surface area contributed by atoms with Crippen LogP contribution in [-0.2, 0) is 0 Å². The third kappa shape index (κ3) is 2.48. The number of rotatable bonds is 3. The van der Waals surface area contributed by atoms with Crippen molar-refractivity contribution in [3.8, 4) is 5.95 Å². The summed E-state index contributed by atoms with van der Waals surface area (Å²) in [7, 11) is 0. The van der Waals surface area contributed by atoms with Crippen LogP contribution >= 0.6 is 11.8 Å². The number of hydrogen-bond donors (Lipinski definition) is 1. The molecule has 0 amide bonds. The molecule has 2 rings (SSSR count). The molecule has 6 nitrogen and oxygen atoms in total. The third-order valence-electron chi connectivity index (χ3n) is 1.67. The zero-order chi connectivity index (χ0) is 11.5.